The molecular formula is C22H24N2O4. The molecule has 1 heterocycles. The van der Waals surface area contributed by atoms with Crippen molar-refractivity contribution in [1.29, 1.82) is 0 Å². The van der Waals surface area contributed by atoms with Gasteiger partial charge in [0, 0.05) is 24.4 Å². The van der Waals surface area contributed by atoms with Crippen LogP contribution in [0.25, 0.3) is 5.57 Å². The summed E-state index contributed by atoms with van der Waals surface area (Å²) in [6, 6.07) is 14.9. The van der Waals surface area contributed by atoms with Crippen LogP contribution in [0.5, 0.6) is 11.5 Å². The summed E-state index contributed by atoms with van der Waals surface area (Å²) >= 11 is 0. The van der Waals surface area contributed by atoms with E-state index in [1.807, 2.05) is 44.2 Å². The number of rotatable bonds is 6. The predicted molar refractivity (Wildman–Crippen MR) is 108 cm³/mol. The lowest BCUT2D eigenvalue weighted by Gasteiger charge is -2.21. The van der Waals surface area contributed by atoms with Gasteiger partial charge in [-0.1, -0.05) is 30.3 Å². The Kier molecular flexibility index (Phi) is 6.32. The molecule has 6 heteroatoms. The van der Waals surface area contributed by atoms with Crippen molar-refractivity contribution < 1.29 is 19.1 Å². The Morgan fingerprint density at radius 2 is 1.79 bits per heavy atom. The Hall–Kier alpha value is -3.28. The van der Waals surface area contributed by atoms with E-state index in [1.165, 1.54) is 4.90 Å². The van der Waals surface area contributed by atoms with Gasteiger partial charge in [0.25, 0.3) is 0 Å². The number of carbonyl (C=O) groups excluding carboxylic acids is 2. The van der Waals surface area contributed by atoms with Crippen molar-refractivity contribution in [2.75, 3.05) is 31.6 Å². The largest absolute Gasteiger partial charge is 0.486 e. The van der Waals surface area contributed by atoms with E-state index in [0.717, 1.165) is 11.1 Å². The molecule has 0 atom stereocenters. The minimum Gasteiger partial charge on any atom is -0.486 e. The SMILES string of the molecule is CCN(CC(=O)Nc1ccc2c(c1)OCCO2)C(=O)/C=C(/C)c1ccccc1. The van der Waals surface area contributed by atoms with Gasteiger partial charge in [-0.05, 0) is 37.1 Å². The monoisotopic (exact) mass is 380 g/mol. The normalized spacial score (nSPS) is 13.0. The molecule has 1 aliphatic heterocycles. The van der Waals surface area contributed by atoms with Crippen molar-refractivity contribution in [3.63, 3.8) is 0 Å². The van der Waals surface area contributed by atoms with Gasteiger partial charge in [-0.25, -0.2) is 0 Å². The third-order valence-corrected chi connectivity index (χ3v) is 4.42. The van der Waals surface area contributed by atoms with Gasteiger partial charge in [0.1, 0.15) is 19.8 Å². The number of anilines is 1. The number of ether oxygens (including phenoxy) is 2. The highest BCUT2D eigenvalue weighted by Crippen LogP contribution is 2.32. The van der Waals surface area contributed by atoms with Gasteiger partial charge in [-0.2, -0.15) is 0 Å². The third kappa shape index (κ3) is 4.91. The molecule has 2 amide bonds. The molecule has 0 saturated heterocycles. The number of fused-ring (bicyclic) bond motifs is 1. The summed E-state index contributed by atoms with van der Waals surface area (Å²) in [5, 5.41) is 2.81. The highest BCUT2D eigenvalue weighted by Gasteiger charge is 2.16. The van der Waals surface area contributed by atoms with Crippen LogP contribution in [0.15, 0.2) is 54.6 Å². The second kappa shape index (κ2) is 9.08. The lowest BCUT2D eigenvalue weighted by atomic mass is 10.1. The number of hydrogen-bond acceptors (Lipinski definition) is 4. The average Bonchev–Trinajstić information content (AvgIpc) is 2.72. The van der Waals surface area contributed by atoms with Crippen LogP contribution in [0.4, 0.5) is 5.69 Å². The zero-order valence-electron chi connectivity index (χ0n) is 16.1. The van der Waals surface area contributed by atoms with Crippen molar-refractivity contribution in [3.05, 3.63) is 60.2 Å². The number of benzene rings is 2. The molecule has 0 bridgehead atoms. The summed E-state index contributed by atoms with van der Waals surface area (Å²) in [6.07, 6.45) is 1.57. The van der Waals surface area contributed by atoms with Crippen molar-refractivity contribution in [2.45, 2.75) is 13.8 Å². The standard InChI is InChI=1S/C22H24N2O4/c1-3-24(22(26)13-16(2)17-7-5-4-6-8-17)15-21(25)23-18-9-10-19-20(14-18)28-12-11-27-19/h4-10,13-14H,3,11-12,15H2,1-2H3,(H,23,25)/b16-13-. The second-order valence-corrected chi connectivity index (χ2v) is 6.45. The third-order valence-electron chi connectivity index (χ3n) is 4.42. The molecule has 2 aromatic carbocycles. The highest BCUT2D eigenvalue weighted by molar-refractivity contribution is 5.99. The molecule has 0 radical (unpaired) electrons. The van der Waals surface area contributed by atoms with E-state index in [4.69, 9.17) is 9.47 Å². The number of likely N-dealkylation sites (N-methyl/N-ethyl adjacent to an activating group) is 1. The first kappa shape index (κ1) is 19.5. The summed E-state index contributed by atoms with van der Waals surface area (Å²) in [5.41, 5.74) is 2.44. The van der Waals surface area contributed by atoms with Gasteiger partial charge in [-0.3, -0.25) is 9.59 Å². The first-order chi connectivity index (χ1) is 13.6. The zero-order chi connectivity index (χ0) is 19.9. The summed E-state index contributed by atoms with van der Waals surface area (Å²) in [6.45, 7) is 5.14. The van der Waals surface area contributed by atoms with E-state index in [2.05, 4.69) is 5.32 Å². The molecule has 0 aromatic heterocycles. The minimum absolute atomic E-state index is 0.0255. The molecule has 3 rings (SSSR count). The number of nitrogens with one attached hydrogen (secondary N) is 1. The molecule has 0 fully saturated rings. The highest BCUT2D eigenvalue weighted by atomic mass is 16.6. The summed E-state index contributed by atoms with van der Waals surface area (Å²) in [4.78, 5) is 26.5. The fourth-order valence-electron chi connectivity index (χ4n) is 2.90. The quantitative estimate of drug-likeness (QED) is 0.781. The average molecular weight is 380 g/mol. The van der Waals surface area contributed by atoms with Gasteiger partial charge in [-0.15, -0.1) is 0 Å². The summed E-state index contributed by atoms with van der Waals surface area (Å²) in [5.74, 6) is 0.809. The number of amides is 2. The Morgan fingerprint density at radius 1 is 1.07 bits per heavy atom. The number of nitrogens with zero attached hydrogens (tertiary/aromatic N) is 1. The van der Waals surface area contributed by atoms with E-state index in [9.17, 15) is 9.59 Å². The van der Waals surface area contributed by atoms with Crippen molar-refractivity contribution >= 4 is 23.1 Å². The molecule has 1 N–H and O–H groups in total. The Bertz CT molecular complexity index is 877. The number of carbonyl (C=O) groups is 2. The Balaban J connectivity index is 1.62. The maximum Gasteiger partial charge on any atom is 0.247 e. The van der Waals surface area contributed by atoms with Crippen molar-refractivity contribution in [3.8, 4) is 11.5 Å². The molecule has 1 aliphatic rings. The number of allylic oxidation sites excluding steroid dienone is 1. The topological polar surface area (TPSA) is 67.9 Å². The molecule has 0 aliphatic carbocycles. The van der Waals surface area contributed by atoms with E-state index in [0.29, 0.717) is 36.9 Å². The van der Waals surface area contributed by atoms with E-state index < -0.39 is 0 Å². The van der Waals surface area contributed by atoms with E-state index in [-0.39, 0.29) is 18.4 Å². The van der Waals surface area contributed by atoms with Crippen LogP contribution in [0.3, 0.4) is 0 Å². The van der Waals surface area contributed by atoms with Crippen molar-refractivity contribution in [1.82, 2.24) is 4.90 Å². The maximum atomic E-state index is 12.6. The van der Waals surface area contributed by atoms with E-state index >= 15 is 0 Å². The molecule has 0 saturated carbocycles. The summed E-state index contributed by atoms with van der Waals surface area (Å²) < 4.78 is 11.0. The fourth-order valence-corrected chi connectivity index (χ4v) is 2.90. The van der Waals surface area contributed by atoms with Gasteiger partial charge in [0.15, 0.2) is 11.5 Å². The van der Waals surface area contributed by atoms with Gasteiger partial charge >= 0.3 is 0 Å². The lowest BCUT2D eigenvalue weighted by Crippen LogP contribution is -2.37. The van der Waals surface area contributed by atoms with Gasteiger partial charge in [0.05, 0.1) is 0 Å². The van der Waals surface area contributed by atoms with Crippen LogP contribution in [-0.2, 0) is 9.59 Å². The Morgan fingerprint density at radius 3 is 2.50 bits per heavy atom. The molecule has 2 aromatic rings. The van der Waals surface area contributed by atoms with Crippen molar-refractivity contribution in [2.24, 2.45) is 0 Å². The van der Waals surface area contributed by atoms with E-state index in [1.54, 1.807) is 24.3 Å². The van der Waals surface area contributed by atoms with Crippen LogP contribution >= 0.6 is 0 Å². The minimum atomic E-state index is -0.266. The van der Waals surface area contributed by atoms with Gasteiger partial charge in [0.2, 0.25) is 11.8 Å². The van der Waals surface area contributed by atoms with Crippen LogP contribution in [0.2, 0.25) is 0 Å². The number of hydrogen-bond donors (Lipinski definition) is 1. The Labute approximate surface area is 164 Å². The van der Waals surface area contributed by atoms with Crippen LogP contribution in [-0.4, -0.2) is 43.0 Å². The zero-order valence-corrected chi connectivity index (χ0v) is 16.1. The second-order valence-electron chi connectivity index (χ2n) is 6.45. The molecule has 0 spiro atoms. The van der Waals surface area contributed by atoms with Crippen LogP contribution in [0, 0.1) is 0 Å². The molecule has 28 heavy (non-hydrogen) atoms. The van der Waals surface area contributed by atoms with Crippen LogP contribution in [0.1, 0.15) is 19.4 Å². The maximum absolute atomic E-state index is 12.6. The molecular weight excluding hydrogens is 356 g/mol. The molecule has 6 nitrogen and oxygen atoms in total. The summed E-state index contributed by atoms with van der Waals surface area (Å²) in [7, 11) is 0. The molecule has 0 unspecified atom stereocenters. The first-order valence-electron chi connectivity index (χ1n) is 9.29. The molecule has 146 valence electrons. The predicted octanol–water partition coefficient (Wildman–Crippen LogP) is 3.35. The van der Waals surface area contributed by atoms with Gasteiger partial charge < -0.3 is 19.7 Å². The first-order valence-corrected chi connectivity index (χ1v) is 9.29. The van der Waals surface area contributed by atoms with Crippen LogP contribution < -0.4 is 14.8 Å². The lowest BCUT2D eigenvalue weighted by molar-refractivity contribution is -0.130. The fraction of sp³-hybridized carbons (Fsp3) is 0.273. The smallest absolute Gasteiger partial charge is 0.247 e.